The van der Waals surface area contributed by atoms with Gasteiger partial charge in [-0.05, 0) is 43.6 Å². The summed E-state index contributed by atoms with van der Waals surface area (Å²) in [6.07, 6.45) is 3.22. The molecule has 2 rings (SSSR count). The van der Waals surface area contributed by atoms with Gasteiger partial charge in [-0.3, -0.25) is 0 Å². The van der Waals surface area contributed by atoms with E-state index >= 15 is 0 Å². The van der Waals surface area contributed by atoms with Crippen molar-refractivity contribution in [1.29, 1.82) is 0 Å². The molecule has 1 aromatic rings. The number of benzene rings is 1. The van der Waals surface area contributed by atoms with E-state index in [9.17, 15) is 5.11 Å². The molecule has 1 saturated carbocycles. The second-order valence-electron chi connectivity index (χ2n) is 4.96. The minimum atomic E-state index is -0.0696. The van der Waals surface area contributed by atoms with Crippen molar-refractivity contribution >= 4 is 0 Å². The monoisotopic (exact) mass is 204 g/mol. The molecule has 15 heavy (non-hydrogen) atoms. The zero-order valence-electron chi connectivity index (χ0n) is 9.61. The molecule has 3 atom stereocenters. The fourth-order valence-corrected chi connectivity index (χ4v) is 2.65. The molecule has 1 aliphatic rings. The Hall–Kier alpha value is -0.820. The molecule has 1 fully saturated rings. The molecule has 1 N–H and O–H groups in total. The van der Waals surface area contributed by atoms with E-state index in [2.05, 4.69) is 38.1 Å². The molecular weight excluding hydrogens is 184 g/mol. The Balaban J connectivity index is 2.03. The summed E-state index contributed by atoms with van der Waals surface area (Å²) in [5, 5.41) is 9.70. The Morgan fingerprint density at radius 2 is 2.13 bits per heavy atom. The molecule has 0 bridgehead atoms. The van der Waals surface area contributed by atoms with Crippen molar-refractivity contribution in [1.82, 2.24) is 0 Å². The summed E-state index contributed by atoms with van der Waals surface area (Å²) < 4.78 is 0. The molecule has 1 aromatic carbocycles. The predicted octanol–water partition coefficient (Wildman–Crippen LogP) is 2.94. The zero-order chi connectivity index (χ0) is 10.8. The highest BCUT2D eigenvalue weighted by atomic mass is 16.3. The van der Waals surface area contributed by atoms with Gasteiger partial charge >= 0.3 is 0 Å². The largest absolute Gasteiger partial charge is 0.393 e. The SMILES string of the molecule is Cc1cccc(CC2CCC(O)C2C)c1. The third kappa shape index (κ3) is 2.40. The smallest absolute Gasteiger partial charge is 0.0568 e. The van der Waals surface area contributed by atoms with Gasteiger partial charge in [-0.25, -0.2) is 0 Å². The van der Waals surface area contributed by atoms with Gasteiger partial charge in [0, 0.05) is 0 Å². The van der Waals surface area contributed by atoms with Crippen LogP contribution in [0.3, 0.4) is 0 Å². The molecule has 3 unspecified atom stereocenters. The van der Waals surface area contributed by atoms with E-state index < -0.39 is 0 Å². The van der Waals surface area contributed by atoms with Crippen LogP contribution in [0, 0.1) is 18.8 Å². The molecule has 1 nitrogen and oxygen atoms in total. The summed E-state index contributed by atoms with van der Waals surface area (Å²) in [5.41, 5.74) is 2.75. The lowest BCUT2D eigenvalue weighted by Crippen LogP contribution is -2.16. The van der Waals surface area contributed by atoms with Crippen molar-refractivity contribution in [3.63, 3.8) is 0 Å². The Labute approximate surface area is 92.1 Å². The third-order valence-electron chi connectivity index (χ3n) is 3.76. The molecule has 0 aliphatic heterocycles. The zero-order valence-corrected chi connectivity index (χ0v) is 9.61. The molecule has 1 aliphatic carbocycles. The van der Waals surface area contributed by atoms with Crippen LogP contribution >= 0.6 is 0 Å². The fourth-order valence-electron chi connectivity index (χ4n) is 2.65. The molecule has 0 saturated heterocycles. The van der Waals surface area contributed by atoms with E-state index in [0.29, 0.717) is 11.8 Å². The summed E-state index contributed by atoms with van der Waals surface area (Å²) in [6.45, 7) is 4.31. The quantitative estimate of drug-likeness (QED) is 0.785. The van der Waals surface area contributed by atoms with Gasteiger partial charge in [0.1, 0.15) is 0 Å². The highest BCUT2D eigenvalue weighted by Gasteiger charge is 2.30. The van der Waals surface area contributed by atoms with Crippen LogP contribution in [0.4, 0.5) is 0 Å². The van der Waals surface area contributed by atoms with Gasteiger partial charge in [-0.1, -0.05) is 36.8 Å². The van der Waals surface area contributed by atoms with E-state index in [1.807, 2.05) is 0 Å². The van der Waals surface area contributed by atoms with Crippen molar-refractivity contribution < 1.29 is 5.11 Å². The van der Waals surface area contributed by atoms with Crippen molar-refractivity contribution in [3.05, 3.63) is 35.4 Å². The lowest BCUT2D eigenvalue weighted by molar-refractivity contribution is 0.127. The minimum absolute atomic E-state index is 0.0696. The van der Waals surface area contributed by atoms with Crippen molar-refractivity contribution in [2.75, 3.05) is 0 Å². The summed E-state index contributed by atoms with van der Waals surface area (Å²) >= 11 is 0. The van der Waals surface area contributed by atoms with Crippen LogP contribution < -0.4 is 0 Å². The van der Waals surface area contributed by atoms with E-state index in [1.54, 1.807) is 0 Å². The molecule has 1 heteroatoms. The molecular formula is C14H20O. The number of rotatable bonds is 2. The molecule has 82 valence electrons. The Morgan fingerprint density at radius 1 is 1.33 bits per heavy atom. The van der Waals surface area contributed by atoms with Crippen molar-refractivity contribution in [3.8, 4) is 0 Å². The summed E-state index contributed by atoms with van der Waals surface area (Å²) in [6, 6.07) is 8.72. The second kappa shape index (κ2) is 4.36. The first kappa shape index (κ1) is 10.7. The second-order valence-corrected chi connectivity index (χ2v) is 4.96. The molecule has 0 aromatic heterocycles. The Bertz CT molecular complexity index is 332. The first-order valence-electron chi connectivity index (χ1n) is 5.90. The predicted molar refractivity (Wildman–Crippen MR) is 62.8 cm³/mol. The molecule has 0 amide bonds. The number of hydrogen-bond donors (Lipinski definition) is 1. The standard InChI is InChI=1S/C14H20O/c1-10-4-3-5-12(8-10)9-13-6-7-14(15)11(13)2/h3-5,8,11,13-15H,6-7,9H2,1-2H3. The van der Waals surface area contributed by atoms with E-state index in [4.69, 9.17) is 0 Å². The minimum Gasteiger partial charge on any atom is -0.393 e. The van der Waals surface area contributed by atoms with Crippen LogP contribution in [0.15, 0.2) is 24.3 Å². The maximum atomic E-state index is 9.70. The van der Waals surface area contributed by atoms with Gasteiger partial charge in [0.2, 0.25) is 0 Å². The number of aryl methyl sites for hydroxylation is 1. The van der Waals surface area contributed by atoms with Gasteiger partial charge in [0.15, 0.2) is 0 Å². The number of hydrogen-bond acceptors (Lipinski definition) is 1. The van der Waals surface area contributed by atoms with Gasteiger partial charge in [-0.15, -0.1) is 0 Å². The van der Waals surface area contributed by atoms with Crippen LogP contribution in [-0.4, -0.2) is 11.2 Å². The number of aliphatic hydroxyl groups excluding tert-OH is 1. The summed E-state index contributed by atoms with van der Waals surface area (Å²) in [5.74, 6) is 1.13. The summed E-state index contributed by atoms with van der Waals surface area (Å²) in [4.78, 5) is 0. The first-order valence-corrected chi connectivity index (χ1v) is 5.90. The summed E-state index contributed by atoms with van der Waals surface area (Å²) in [7, 11) is 0. The highest BCUT2D eigenvalue weighted by molar-refractivity contribution is 5.22. The van der Waals surface area contributed by atoms with Crippen molar-refractivity contribution in [2.45, 2.75) is 39.2 Å². The first-order chi connectivity index (χ1) is 7.16. The van der Waals surface area contributed by atoms with Crippen LogP contribution in [0.5, 0.6) is 0 Å². The van der Waals surface area contributed by atoms with Crippen LogP contribution in [0.1, 0.15) is 30.9 Å². The van der Waals surface area contributed by atoms with Crippen LogP contribution in [-0.2, 0) is 6.42 Å². The third-order valence-corrected chi connectivity index (χ3v) is 3.76. The molecule has 0 heterocycles. The van der Waals surface area contributed by atoms with Gasteiger partial charge in [0.05, 0.1) is 6.10 Å². The Morgan fingerprint density at radius 3 is 2.73 bits per heavy atom. The lowest BCUT2D eigenvalue weighted by atomic mass is 9.90. The highest BCUT2D eigenvalue weighted by Crippen LogP contribution is 2.34. The van der Waals surface area contributed by atoms with E-state index in [-0.39, 0.29) is 6.10 Å². The lowest BCUT2D eigenvalue weighted by Gasteiger charge is -2.17. The average Bonchev–Trinajstić information content (AvgIpc) is 2.50. The normalized spacial score (nSPS) is 30.7. The van der Waals surface area contributed by atoms with Crippen LogP contribution in [0.25, 0.3) is 0 Å². The van der Waals surface area contributed by atoms with Gasteiger partial charge < -0.3 is 5.11 Å². The fraction of sp³-hybridized carbons (Fsp3) is 0.571. The average molecular weight is 204 g/mol. The number of aliphatic hydroxyl groups is 1. The maximum absolute atomic E-state index is 9.70. The van der Waals surface area contributed by atoms with E-state index in [1.165, 1.54) is 17.5 Å². The Kier molecular flexibility index (Phi) is 3.11. The van der Waals surface area contributed by atoms with Crippen LogP contribution in [0.2, 0.25) is 0 Å². The van der Waals surface area contributed by atoms with Gasteiger partial charge in [0.25, 0.3) is 0 Å². The maximum Gasteiger partial charge on any atom is 0.0568 e. The molecule has 0 radical (unpaired) electrons. The van der Waals surface area contributed by atoms with E-state index in [0.717, 1.165) is 12.8 Å². The molecule has 0 spiro atoms. The van der Waals surface area contributed by atoms with Crippen molar-refractivity contribution in [2.24, 2.45) is 11.8 Å². The van der Waals surface area contributed by atoms with Gasteiger partial charge in [-0.2, -0.15) is 0 Å². The topological polar surface area (TPSA) is 20.2 Å².